The Morgan fingerprint density at radius 2 is 2.05 bits per heavy atom. The van der Waals surface area contributed by atoms with Gasteiger partial charge in [0.15, 0.2) is 0 Å². The fourth-order valence-corrected chi connectivity index (χ4v) is 3.42. The number of carbonyl (C=O) groups excluding carboxylic acids is 1. The van der Waals surface area contributed by atoms with Crippen LogP contribution >= 0.6 is 23.2 Å². The highest BCUT2D eigenvalue weighted by Gasteiger charge is 2.35. The fourth-order valence-electron chi connectivity index (χ4n) is 3.05. The van der Waals surface area contributed by atoms with Gasteiger partial charge in [-0.2, -0.15) is 0 Å². The van der Waals surface area contributed by atoms with Crippen molar-refractivity contribution in [3.05, 3.63) is 33.8 Å². The fraction of sp³-hybridized carbons (Fsp3) is 0.500. The van der Waals surface area contributed by atoms with E-state index in [4.69, 9.17) is 23.2 Å². The third-order valence-corrected chi connectivity index (χ3v) is 4.72. The summed E-state index contributed by atoms with van der Waals surface area (Å²) < 4.78 is 0. The average molecular weight is 299 g/mol. The van der Waals surface area contributed by atoms with E-state index in [1.54, 1.807) is 18.2 Å². The molecule has 102 valence electrons. The Morgan fingerprint density at radius 3 is 2.89 bits per heavy atom. The van der Waals surface area contributed by atoms with Crippen LogP contribution in [0.15, 0.2) is 18.2 Å². The van der Waals surface area contributed by atoms with Crippen molar-refractivity contribution in [2.45, 2.75) is 6.42 Å². The molecule has 2 heterocycles. The summed E-state index contributed by atoms with van der Waals surface area (Å²) in [6.45, 7) is 3.73. The molecule has 1 amide bonds. The molecule has 1 aromatic rings. The van der Waals surface area contributed by atoms with E-state index in [0.717, 1.165) is 38.5 Å². The van der Waals surface area contributed by atoms with Crippen molar-refractivity contribution >= 4 is 29.1 Å². The van der Waals surface area contributed by atoms with E-state index in [9.17, 15) is 4.79 Å². The molecule has 0 aliphatic carbocycles. The second-order valence-corrected chi connectivity index (χ2v) is 6.19. The first kappa shape index (κ1) is 13.2. The molecule has 3 rings (SSSR count). The summed E-state index contributed by atoms with van der Waals surface area (Å²) in [6.07, 6.45) is 1.07. The summed E-state index contributed by atoms with van der Waals surface area (Å²) in [7, 11) is 0. The smallest absolute Gasteiger partial charge is 0.255 e. The van der Waals surface area contributed by atoms with E-state index in [2.05, 4.69) is 5.32 Å². The van der Waals surface area contributed by atoms with Crippen molar-refractivity contribution in [2.75, 3.05) is 26.2 Å². The maximum absolute atomic E-state index is 12.5. The quantitative estimate of drug-likeness (QED) is 0.864. The number of fused-ring (bicyclic) bond motifs is 1. The number of hydrogen-bond acceptors (Lipinski definition) is 2. The van der Waals surface area contributed by atoms with Gasteiger partial charge in [0.2, 0.25) is 0 Å². The van der Waals surface area contributed by atoms with Crippen LogP contribution in [0, 0.1) is 11.8 Å². The van der Waals surface area contributed by atoms with E-state index >= 15 is 0 Å². The van der Waals surface area contributed by atoms with Crippen molar-refractivity contribution in [3.63, 3.8) is 0 Å². The molecule has 0 radical (unpaired) electrons. The first-order valence-electron chi connectivity index (χ1n) is 6.60. The molecular weight excluding hydrogens is 283 g/mol. The summed E-state index contributed by atoms with van der Waals surface area (Å²) >= 11 is 12.1. The lowest BCUT2D eigenvalue weighted by Gasteiger charge is -2.34. The first-order valence-corrected chi connectivity index (χ1v) is 7.36. The number of amides is 1. The van der Waals surface area contributed by atoms with Gasteiger partial charge < -0.3 is 10.2 Å². The van der Waals surface area contributed by atoms with Gasteiger partial charge in [-0.25, -0.2) is 0 Å². The number of carbonyl (C=O) groups is 1. The molecule has 0 saturated carbocycles. The highest BCUT2D eigenvalue weighted by atomic mass is 35.5. The van der Waals surface area contributed by atoms with Gasteiger partial charge in [-0.15, -0.1) is 0 Å². The lowest BCUT2D eigenvalue weighted by atomic mass is 9.88. The predicted molar refractivity (Wildman–Crippen MR) is 76.8 cm³/mol. The van der Waals surface area contributed by atoms with Crippen molar-refractivity contribution in [2.24, 2.45) is 11.8 Å². The van der Waals surface area contributed by atoms with Crippen molar-refractivity contribution in [1.29, 1.82) is 0 Å². The molecule has 5 heteroatoms. The number of piperidine rings is 1. The molecule has 2 atom stereocenters. The van der Waals surface area contributed by atoms with Gasteiger partial charge in [-0.3, -0.25) is 4.79 Å². The van der Waals surface area contributed by atoms with E-state index in [1.807, 2.05) is 4.90 Å². The number of benzene rings is 1. The standard InChI is InChI=1S/C14H16Cl2N2O/c15-11-1-2-13(16)12(5-11)14(19)18-4-3-9-6-17-7-10(9)8-18/h1-2,5,9-10,17H,3-4,6-8H2. The first-order chi connectivity index (χ1) is 9.15. The van der Waals surface area contributed by atoms with E-state index < -0.39 is 0 Å². The molecule has 2 unspecified atom stereocenters. The molecule has 2 fully saturated rings. The molecule has 0 bridgehead atoms. The zero-order chi connectivity index (χ0) is 13.4. The molecular formula is C14H16Cl2N2O. The van der Waals surface area contributed by atoms with Crippen LogP contribution in [0.2, 0.25) is 10.0 Å². The zero-order valence-corrected chi connectivity index (χ0v) is 12.0. The normalized spacial score (nSPS) is 26.3. The van der Waals surface area contributed by atoms with Gasteiger partial charge in [-0.05, 0) is 49.5 Å². The van der Waals surface area contributed by atoms with Crippen LogP contribution in [-0.4, -0.2) is 37.0 Å². The molecule has 2 aliphatic heterocycles. The Morgan fingerprint density at radius 1 is 1.26 bits per heavy atom. The minimum absolute atomic E-state index is 0.00199. The molecule has 3 nitrogen and oxygen atoms in total. The van der Waals surface area contributed by atoms with Crippen LogP contribution < -0.4 is 5.32 Å². The Hall–Kier alpha value is -0.770. The monoisotopic (exact) mass is 298 g/mol. The van der Waals surface area contributed by atoms with Gasteiger partial charge in [0.25, 0.3) is 5.91 Å². The molecule has 0 aromatic heterocycles. The number of nitrogens with zero attached hydrogens (tertiary/aromatic N) is 1. The van der Waals surface area contributed by atoms with E-state index in [0.29, 0.717) is 21.5 Å². The number of rotatable bonds is 1. The van der Waals surface area contributed by atoms with Gasteiger partial charge in [0.05, 0.1) is 10.6 Å². The lowest BCUT2D eigenvalue weighted by Crippen LogP contribution is -2.43. The van der Waals surface area contributed by atoms with Crippen LogP contribution in [0.5, 0.6) is 0 Å². The van der Waals surface area contributed by atoms with Crippen molar-refractivity contribution < 1.29 is 4.79 Å². The number of halogens is 2. The Kier molecular flexibility index (Phi) is 3.70. The molecule has 1 aromatic carbocycles. The Bertz CT molecular complexity index is 506. The Labute approximate surface area is 122 Å². The predicted octanol–water partition coefficient (Wildman–Crippen LogP) is 2.67. The zero-order valence-electron chi connectivity index (χ0n) is 10.5. The molecule has 1 N–H and O–H groups in total. The molecule has 2 aliphatic rings. The van der Waals surface area contributed by atoms with Crippen molar-refractivity contribution in [3.8, 4) is 0 Å². The van der Waals surface area contributed by atoms with Crippen molar-refractivity contribution in [1.82, 2.24) is 10.2 Å². The highest BCUT2D eigenvalue weighted by Crippen LogP contribution is 2.29. The van der Waals surface area contributed by atoms with Crippen LogP contribution in [0.25, 0.3) is 0 Å². The summed E-state index contributed by atoms with van der Waals surface area (Å²) in [5.41, 5.74) is 0.513. The van der Waals surface area contributed by atoms with Gasteiger partial charge in [0.1, 0.15) is 0 Å². The van der Waals surface area contributed by atoms with Gasteiger partial charge in [0, 0.05) is 18.1 Å². The summed E-state index contributed by atoms with van der Waals surface area (Å²) in [5.74, 6) is 1.30. The van der Waals surface area contributed by atoms with Crippen LogP contribution in [-0.2, 0) is 0 Å². The van der Waals surface area contributed by atoms with Gasteiger partial charge in [-0.1, -0.05) is 23.2 Å². The maximum atomic E-state index is 12.5. The topological polar surface area (TPSA) is 32.3 Å². The van der Waals surface area contributed by atoms with Crippen LogP contribution in [0.3, 0.4) is 0 Å². The molecule has 2 saturated heterocycles. The third-order valence-electron chi connectivity index (χ3n) is 4.15. The maximum Gasteiger partial charge on any atom is 0.255 e. The van der Waals surface area contributed by atoms with Crippen LogP contribution in [0.1, 0.15) is 16.8 Å². The number of nitrogens with one attached hydrogen (secondary N) is 1. The van der Waals surface area contributed by atoms with Gasteiger partial charge >= 0.3 is 0 Å². The average Bonchev–Trinajstić information content (AvgIpc) is 2.88. The lowest BCUT2D eigenvalue weighted by molar-refractivity contribution is 0.0642. The molecule has 19 heavy (non-hydrogen) atoms. The van der Waals surface area contributed by atoms with E-state index in [1.165, 1.54) is 0 Å². The SMILES string of the molecule is O=C(c1cc(Cl)ccc1Cl)N1CCC2CNCC2C1. The second-order valence-electron chi connectivity index (χ2n) is 5.34. The number of hydrogen-bond donors (Lipinski definition) is 1. The Balaban J connectivity index is 1.78. The minimum Gasteiger partial charge on any atom is -0.338 e. The van der Waals surface area contributed by atoms with E-state index in [-0.39, 0.29) is 5.91 Å². The third kappa shape index (κ3) is 2.60. The highest BCUT2D eigenvalue weighted by molar-refractivity contribution is 6.35. The molecule has 0 spiro atoms. The largest absolute Gasteiger partial charge is 0.338 e. The summed E-state index contributed by atoms with van der Waals surface area (Å²) in [6, 6.07) is 5.04. The summed E-state index contributed by atoms with van der Waals surface area (Å²) in [4.78, 5) is 14.4. The number of likely N-dealkylation sites (tertiary alicyclic amines) is 1. The van der Waals surface area contributed by atoms with Crippen LogP contribution in [0.4, 0.5) is 0 Å². The summed E-state index contributed by atoms with van der Waals surface area (Å²) in [5, 5.41) is 4.42. The minimum atomic E-state index is -0.00199. The second kappa shape index (κ2) is 5.31.